The van der Waals surface area contributed by atoms with Crippen LogP contribution in [0.1, 0.15) is 6.92 Å². The van der Waals surface area contributed by atoms with Crippen LogP contribution in [0.4, 0.5) is 11.4 Å². The van der Waals surface area contributed by atoms with Gasteiger partial charge in [0.15, 0.2) is 5.11 Å². The van der Waals surface area contributed by atoms with Crippen LogP contribution in [0, 0.1) is 0 Å². The summed E-state index contributed by atoms with van der Waals surface area (Å²) >= 11 is 5.46. The molecule has 0 saturated heterocycles. The molecule has 0 aliphatic rings. The standard InChI is InChI=1S/C22H20N2O3S/c1-3-26-15-10-8-14(9-11-15)23-22(28)24-18-13-20-17(12-21(18)25-2)16-6-4-5-7-19(16)27-20/h4-13H,3H2,1-2H3,(H2,23,24,28). The van der Waals surface area contributed by atoms with Crippen molar-refractivity contribution in [3.05, 3.63) is 60.7 Å². The highest BCUT2D eigenvalue weighted by atomic mass is 32.1. The Morgan fingerprint density at radius 2 is 1.75 bits per heavy atom. The van der Waals surface area contributed by atoms with Gasteiger partial charge in [0, 0.05) is 22.5 Å². The summed E-state index contributed by atoms with van der Waals surface area (Å²) < 4.78 is 17.0. The van der Waals surface area contributed by atoms with Crippen molar-refractivity contribution in [2.75, 3.05) is 24.4 Å². The molecule has 2 N–H and O–H groups in total. The third-order valence-electron chi connectivity index (χ3n) is 4.37. The van der Waals surface area contributed by atoms with E-state index in [1.54, 1.807) is 7.11 Å². The summed E-state index contributed by atoms with van der Waals surface area (Å²) in [6.45, 7) is 2.59. The summed E-state index contributed by atoms with van der Waals surface area (Å²) in [5.41, 5.74) is 3.21. The Morgan fingerprint density at radius 3 is 2.50 bits per heavy atom. The van der Waals surface area contributed by atoms with Crippen molar-refractivity contribution in [2.24, 2.45) is 0 Å². The maximum absolute atomic E-state index is 5.96. The van der Waals surface area contributed by atoms with E-state index in [4.69, 9.17) is 26.1 Å². The zero-order valence-corrected chi connectivity index (χ0v) is 16.4. The van der Waals surface area contributed by atoms with E-state index in [9.17, 15) is 0 Å². The molecular weight excluding hydrogens is 372 g/mol. The number of anilines is 2. The quantitative estimate of drug-likeness (QED) is 0.419. The third kappa shape index (κ3) is 3.59. The fourth-order valence-corrected chi connectivity index (χ4v) is 3.33. The maximum atomic E-state index is 5.96. The minimum atomic E-state index is 0.456. The molecule has 0 saturated carbocycles. The molecule has 5 nitrogen and oxygen atoms in total. The first-order valence-corrected chi connectivity index (χ1v) is 9.39. The maximum Gasteiger partial charge on any atom is 0.175 e. The minimum Gasteiger partial charge on any atom is -0.495 e. The molecule has 0 aliphatic heterocycles. The smallest absolute Gasteiger partial charge is 0.175 e. The van der Waals surface area contributed by atoms with Gasteiger partial charge in [0.1, 0.15) is 22.7 Å². The lowest BCUT2D eigenvalue weighted by Gasteiger charge is -2.14. The fourth-order valence-electron chi connectivity index (χ4n) is 3.10. The van der Waals surface area contributed by atoms with Crippen LogP contribution in [0.3, 0.4) is 0 Å². The van der Waals surface area contributed by atoms with Gasteiger partial charge in [-0.2, -0.15) is 0 Å². The highest BCUT2D eigenvalue weighted by Crippen LogP contribution is 2.36. The van der Waals surface area contributed by atoms with Crippen molar-refractivity contribution in [2.45, 2.75) is 6.92 Å². The lowest BCUT2D eigenvalue weighted by atomic mass is 10.1. The van der Waals surface area contributed by atoms with E-state index >= 15 is 0 Å². The van der Waals surface area contributed by atoms with Gasteiger partial charge in [-0.1, -0.05) is 18.2 Å². The van der Waals surface area contributed by atoms with E-state index in [1.165, 1.54) is 0 Å². The van der Waals surface area contributed by atoms with Crippen LogP contribution in [-0.4, -0.2) is 18.8 Å². The largest absolute Gasteiger partial charge is 0.495 e. The summed E-state index contributed by atoms with van der Waals surface area (Å²) in [5.74, 6) is 1.51. The number of para-hydroxylation sites is 1. The number of thiocarbonyl (C=S) groups is 1. The molecule has 0 unspecified atom stereocenters. The van der Waals surface area contributed by atoms with E-state index in [2.05, 4.69) is 10.6 Å². The van der Waals surface area contributed by atoms with Crippen molar-refractivity contribution >= 4 is 50.6 Å². The number of fused-ring (bicyclic) bond motifs is 3. The number of benzene rings is 3. The van der Waals surface area contributed by atoms with Gasteiger partial charge in [0.25, 0.3) is 0 Å². The zero-order chi connectivity index (χ0) is 19.5. The van der Waals surface area contributed by atoms with Gasteiger partial charge in [-0.25, -0.2) is 0 Å². The fraction of sp³-hybridized carbons (Fsp3) is 0.136. The molecule has 0 radical (unpaired) electrons. The molecule has 0 bridgehead atoms. The van der Waals surface area contributed by atoms with Gasteiger partial charge in [-0.15, -0.1) is 0 Å². The summed E-state index contributed by atoms with van der Waals surface area (Å²) in [5, 5.41) is 8.87. The van der Waals surface area contributed by atoms with Gasteiger partial charge in [0.2, 0.25) is 0 Å². The molecule has 0 atom stereocenters. The van der Waals surface area contributed by atoms with Gasteiger partial charge in [0.05, 0.1) is 19.4 Å². The Kier molecular flexibility index (Phi) is 5.04. The van der Waals surface area contributed by atoms with Crippen LogP contribution in [-0.2, 0) is 0 Å². The second kappa shape index (κ2) is 7.78. The Balaban J connectivity index is 1.57. The van der Waals surface area contributed by atoms with Crippen LogP contribution in [0.25, 0.3) is 21.9 Å². The molecule has 6 heteroatoms. The Bertz CT molecular complexity index is 1140. The van der Waals surface area contributed by atoms with Crippen molar-refractivity contribution in [1.29, 1.82) is 0 Å². The van der Waals surface area contributed by atoms with Crippen LogP contribution in [0.5, 0.6) is 11.5 Å². The van der Waals surface area contributed by atoms with Crippen molar-refractivity contribution in [1.82, 2.24) is 0 Å². The van der Waals surface area contributed by atoms with Gasteiger partial charge < -0.3 is 24.5 Å². The normalized spacial score (nSPS) is 10.8. The monoisotopic (exact) mass is 392 g/mol. The van der Waals surface area contributed by atoms with Crippen LogP contribution in [0.15, 0.2) is 65.1 Å². The highest BCUT2D eigenvalue weighted by molar-refractivity contribution is 7.80. The predicted molar refractivity (Wildman–Crippen MR) is 118 cm³/mol. The molecule has 1 heterocycles. The molecule has 142 valence electrons. The second-order valence-electron chi connectivity index (χ2n) is 6.18. The van der Waals surface area contributed by atoms with E-state index in [0.717, 1.165) is 39.1 Å². The van der Waals surface area contributed by atoms with Crippen molar-refractivity contribution in [3.8, 4) is 11.5 Å². The van der Waals surface area contributed by atoms with Crippen LogP contribution < -0.4 is 20.1 Å². The summed E-state index contributed by atoms with van der Waals surface area (Å²) in [4.78, 5) is 0. The predicted octanol–water partition coefficient (Wildman–Crippen LogP) is 5.80. The molecule has 4 rings (SSSR count). The molecular formula is C22H20N2O3S. The zero-order valence-electron chi connectivity index (χ0n) is 15.6. The summed E-state index contributed by atoms with van der Waals surface area (Å²) in [7, 11) is 1.64. The number of ether oxygens (including phenoxy) is 2. The topological polar surface area (TPSA) is 55.7 Å². The average molecular weight is 392 g/mol. The lowest BCUT2D eigenvalue weighted by Crippen LogP contribution is -2.19. The molecule has 0 amide bonds. The first kappa shape index (κ1) is 18.1. The van der Waals surface area contributed by atoms with Gasteiger partial charge in [-0.05, 0) is 55.5 Å². The molecule has 4 aromatic rings. The number of nitrogens with one attached hydrogen (secondary N) is 2. The van der Waals surface area contributed by atoms with Gasteiger partial charge in [-0.3, -0.25) is 0 Å². The first-order valence-electron chi connectivity index (χ1n) is 8.98. The Labute approximate surface area is 168 Å². The number of hydrogen-bond acceptors (Lipinski definition) is 4. The summed E-state index contributed by atoms with van der Waals surface area (Å²) in [6.07, 6.45) is 0. The van der Waals surface area contributed by atoms with Crippen molar-refractivity contribution in [3.63, 3.8) is 0 Å². The lowest BCUT2D eigenvalue weighted by molar-refractivity contribution is 0.340. The number of furan rings is 1. The highest BCUT2D eigenvalue weighted by Gasteiger charge is 2.13. The summed E-state index contributed by atoms with van der Waals surface area (Å²) in [6, 6.07) is 19.4. The van der Waals surface area contributed by atoms with Gasteiger partial charge >= 0.3 is 0 Å². The number of rotatable bonds is 5. The van der Waals surface area contributed by atoms with E-state index in [1.807, 2.05) is 67.6 Å². The SMILES string of the molecule is CCOc1ccc(NC(=S)Nc2cc3oc4ccccc4c3cc2OC)cc1. The average Bonchev–Trinajstić information content (AvgIpc) is 3.06. The second-order valence-corrected chi connectivity index (χ2v) is 6.59. The van der Waals surface area contributed by atoms with Crippen molar-refractivity contribution < 1.29 is 13.9 Å². The number of methoxy groups -OCH3 is 1. The van der Waals surface area contributed by atoms with Crippen LogP contribution in [0.2, 0.25) is 0 Å². The molecule has 28 heavy (non-hydrogen) atoms. The van der Waals surface area contributed by atoms with E-state index in [0.29, 0.717) is 17.5 Å². The third-order valence-corrected chi connectivity index (χ3v) is 4.57. The van der Waals surface area contributed by atoms with E-state index in [-0.39, 0.29) is 0 Å². The number of hydrogen-bond donors (Lipinski definition) is 2. The molecule has 0 spiro atoms. The van der Waals surface area contributed by atoms with E-state index < -0.39 is 0 Å². The Morgan fingerprint density at radius 1 is 0.964 bits per heavy atom. The minimum absolute atomic E-state index is 0.456. The molecule has 0 fully saturated rings. The molecule has 1 aromatic heterocycles. The first-order chi connectivity index (χ1) is 13.7. The van der Waals surface area contributed by atoms with Crippen LogP contribution >= 0.6 is 12.2 Å². The molecule has 3 aromatic carbocycles. The Hall–Kier alpha value is -3.25. The molecule has 0 aliphatic carbocycles.